The molecule has 0 aliphatic carbocycles. The Morgan fingerprint density at radius 2 is 1.59 bits per heavy atom. The van der Waals surface area contributed by atoms with Crippen LogP contribution in [0, 0.1) is 27.7 Å². The standard InChI is InChI=1S/C15H17BrS/c1-9-7-10(2)14(11(3)8-9)15(16)13-6-5-12(4)17-13/h5-8,15H,1-4H3. The number of hydrogen-bond donors (Lipinski definition) is 0. The number of rotatable bonds is 2. The van der Waals surface area contributed by atoms with Crippen LogP contribution >= 0.6 is 27.3 Å². The molecule has 1 heterocycles. The number of alkyl halides is 1. The van der Waals surface area contributed by atoms with E-state index < -0.39 is 0 Å². The average Bonchev–Trinajstić information content (AvgIpc) is 2.63. The van der Waals surface area contributed by atoms with Gasteiger partial charge in [-0.2, -0.15) is 0 Å². The van der Waals surface area contributed by atoms with E-state index in [2.05, 4.69) is 67.9 Å². The van der Waals surface area contributed by atoms with Crippen molar-refractivity contribution in [2.45, 2.75) is 32.5 Å². The van der Waals surface area contributed by atoms with Crippen LogP contribution in [-0.4, -0.2) is 0 Å². The van der Waals surface area contributed by atoms with Gasteiger partial charge in [-0.05, 0) is 56.5 Å². The minimum atomic E-state index is 0.321. The third-order valence-corrected chi connectivity index (χ3v) is 5.32. The van der Waals surface area contributed by atoms with E-state index in [1.807, 2.05) is 11.3 Å². The first-order valence-corrected chi connectivity index (χ1v) is 7.50. The lowest BCUT2D eigenvalue weighted by molar-refractivity contribution is 1.13. The van der Waals surface area contributed by atoms with Gasteiger partial charge in [-0.25, -0.2) is 0 Å². The predicted octanol–water partition coefficient (Wildman–Crippen LogP) is 5.47. The zero-order chi connectivity index (χ0) is 12.6. The molecule has 0 fully saturated rings. The summed E-state index contributed by atoms with van der Waals surface area (Å²) in [4.78, 5) is 3.08. The van der Waals surface area contributed by atoms with Gasteiger partial charge in [-0.1, -0.05) is 33.6 Å². The van der Waals surface area contributed by atoms with E-state index in [0.717, 1.165) is 0 Å². The topological polar surface area (TPSA) is 0 Å². The highest BCUT2D eigenvalue weighted by Crippen LogP contribution is 2.38. The van der Waals surface area contributed by atoms with Crippen LogP contribution in [0.1, 0.15) is 36.8 Å². The van der Waals surface area contributed by atoms with Crippen molar-refractivity contribution in [3.63, 3.8) is 0 Å². The fourth-order valence-electron chi connectivity index (χ4n) is 2.32. The quantitative estimate of drug-likeness (QED) is 0.646. The lowest BCUT2D eigenvalue weighted by Gasteiger charge is -2.16. The van der Waals surface area contributed by atoms with Crippen LogP contribution in [0.4, 0.5) is 0 Å². The van der Waals surface area contributed by atoms with E-state index in [4.69, 9.17) is 0 Å². The van der Waals surface area contributed by atoms with Crippen molar-refractivity contribution in [3.05, 3.63) is 56.3 Å². The van der Waals surface area contributed by atoms with Gasteiger partial charge in [0, 0.05) is 9.75 Å². The van der Waals surface area contributed by atoms with Crippen LogP contribution in [0.5, 0.6) is 0 Å². The Bertz CT molecular complexity index is 517. The maximum Gasteiger partial charge on any atom is 0.0743 e. The Hall–Kier alpha value is -0.600. The Morgan fingerprint density at radius 1 is 1.00 bits per heavy atom. The molecule has 0 N–H and O–H groups in total. The summed E-state index contributed by atoms with van der Waals surface area (Å²) in [5.74, 6) is 0. The van der Waals surface area contributed by atoms with Crippen LogP contribution in [0.25, 0.3) is 0 Å². The van der Waals surface area contributed by atoms with E-state index in [-0.39, 0.29) is 0 Å². The van der Waals surface area contributed by atoms with Crippen LogP contribution in [0.3, 0.4) is 0 Å². The number of aryl methyl sites for hydroxylation is 4. The zero-order valence-corrected chi connectivity index (χ0v) is 13.1. The van der Waals surface area contributed by atoms with Crippen molar-refractivity contribution in [2.75, 3.05) is 0 Å². The van der Waals surface area contributed by atoms with Crippen molar-refractivity contribution in [3.8, 4) is 0 Å². The van der Waals surface area contributed by atoms with Crippen LogP contribution < -0.4 is 0 Å². The molecule has 0 nitrogen and oxygen atoms in total. The molecule has 1 atom stereocenters. The van der Waals surface area contributed by atoms with E-state index >= 15 is 0 Å². The molecule has 1 aromatic heterocycles. The van der Waals surface area contributed by atoms with Gasteiger partial charge >= 0.3 is 0 Å². The Labute approximate surface area is 116 Å². The van der Waals surface area contributed by atoms with E-state index in [1.165, 1.54) is 32.0 Å². The molecule has 0 amide bonds. The molecule has 2 aromatic rings. The molecule has 1 aromatic carbocycles. The maximum atomic E-state index is 3.84. The SMILES string of the molecule is Cc1cc(C)c(C(Br)c2ccc(C)s2)c(C)c1. The third kappa shape index (κ3) is 2.63. The molecule has 0 bridgehead atoms. The molecule has 1 unspecified atom stereocenters. The molecule has 90 valence electrons. The molecular formula is C15H17BrS. The Balaban J connectivity index is 2.47. The largest absolute Gasteiger partial charge is 0.144 e. The molecule has 0 aliphatic heterocycles. The van der Waals surface area contributed by atoms with Crippen LogP contribution in [-0.2, 0) is 0 Å². The Kier molecular flexibility index (Phi) is 3.74. The summed E-state index contributed by atoms with van der Waals surface area (Å²) in [5, 5.41) is 0. The van der Waals surface area contributed by atoms with Crippen molar-refractivity contribution in [1.82, 2.24) is 0 Å². The molecule has 0 saturated carbocycles. The number of benzene rings is 1. The molecule has 0 spiro atoms. The fourth-order valence-corrected chi connectivity index (χ4v) is 4.34. The number of thiophene rings is 1. The fraction of sp³-hybridized carbons (Fsp3) is 0.333. The molecule has 0 radical (unpaired) electrons. The minimum absolute atomic E-state index is 0.321. The molecule has 2 rings (SSSR count). The van der Waals surface area contributed by atoms with Crippen molar-refractivity contribution in [2.24, 2.45) is 0 Å². The lowest BCUT2D eigenvalue weighted by Crippen LogP contribution is -1.98. The first kappa shape index (κ1) is 12.8. The summed E-state index contributed by atoms with van der Waals surface area (Å²) < 4.78 is 0. The zero-order valence-electron chi connectivity index (χ0n) is 10.7. The highest BCUT2D eigenvalue weighted by molar-refractivity contribution is 9.09. The summed E-state index contributed by atoms with van der Waals surface area (Å²) in [6, 6.07) is 8.93. The first-order valence-electron chi connectivity index (χ1n) is 5.77. The van der Waals surface area contributed by atoms with E-state index in [0.29, 0.717) is 4.83 Å². The van der Waals surface area contributed by atoms with Gasteiger partial charge in [0.1, 0.15) is 0 Å². The molecule has 2 heteroatoms. The highest BCUT2D eigenvalue weighted by atomic mass is 79.9. The molecular weight excluding hydrogens is 292 g/mol. The van der Waals surface area contributed by atoms with E-state index in [1.54, 1.807) is 0 Å². The molecule has 0 aliphatic rings. The maximum absolute atomic E-state index is 3.84. The second kappa shape index (κ2) is 4.95. The summed E-state index contributed by atoms with van der Waals surface area (Å²) >= 11 is 5.71. The monoisotopic (exact) mass is 308 g/mol. The van der Waals surface area contributed by atoms with Crippen LogP contribution in [0.15, 0.2) is 24.3 Å². The van der Waals surface area contributed by atoms with Gasteiger partial charge in [0.25, 0.3) is 0 Å². The van der Waals surface area contributed by atoms with Crippen molar-refractivity contribution in [1.29, 1.82) is 0 Å². The second-order valence-electron chi connectivity index (χ2n) is 4.62. The minimum Gasteiger partial charge on any atom is -0.144 e. The van der Waals surface area contributed by atoms with Gasteiger partial charge in [-0.3, -0.25) is 0 Å². The second-order valence-corrected chi connectivity index (χ2v) is 6.86. The average molecular weight is 309 g/mol. The normalized spacial score (nSPS) is 12.8. The van der Waals surface area contributed by atoms with Gasteiger partial charge in [-0.15, -0.1) is 11.3 Å². The third-order valence-electron chi connectivity index (χ3n) is 3.00. The molecule has 0 saturated heterocycles. The molecule has 17 heavy (non-hydrogen) atoms. The number of halogens is 1. The van der Waals surface area contributed by atoms with Crippen molar-refractivity contribution >= 4 is 27.3 Å². The first-order chi connectivity index (χ1) is 7.99. The number of hydrogen-bond acceptors (Lipinski definition) is 1. The van der Waals surface area contributed by atoms with E-state index in [9.17, 15) is 0 Å². The van der Waals surface area contributed by atoms with Gasteiger partial charge in [0.05, 0.1) is 4.83 Å². The summed E-state index contributed by atoms with van der Waals surface area (Å²) in [6.45, 7) is 8.71. The lowest BCUT2D eigenvalue weighted by atomic mass is 9.97. The Morgan fingerprint density at radius 3 is 2.06 bits per heavy atom. The summed E-state index contributed by atoms with van der Waals surface area (Å²) in [5.41, 5.74) is 5.49. The van der Waals surface area contributed by atoms with Gasteiger partial charge in [0.15, 0.2) is 0 Å². The highest BCUT2D eigenvalue weighted by Gasteiger charge is 2.16. The summed E-state index contributed by atoms with van der Waals surface area (Å²) in [7, 11) is 0. The smallest absolute Gasteiger partial charge is 0.0743 e. The van der Waals surface area contributed by atoms with Crippen LogP contribution in [0.2, 0.25) is 0 Å². The van der Waals surface area contributed by atoms with Gasteiger partial charge in [0.2, 0.25) is 0 Å². The summed E-state index contributed by atoms with van der Waals surface area (Å²) in [6.07, 6.45) is 0. The predicted molar refractivity (Wildman–Crippen MR) is 80.5 cm³/mol. The van der Waals surface area contributed by atoms with Crippen molar-refractivity contribution < 1.29 is 0 Å². The van der Waals surface area contributed by atoms with Gasteiger partial charge < -0.3 is 0 Å².